The first-order valence-corrected chi connectivity index (χ1v) is 7.35. The van der Waals surface area contributed by atoms with Crippen LogP contribution < -0.4 is 0 Å². The predicted molar refractivity (Wildman–Crippen MR) is 83.1 cm³/mol. The van der Waals surface area contributed by atoms with Crippen molar-refractivity contribution in [2.24, 2.45) is 0 Å². The van der Waals surface area contributed by atoms with Crippen molar-refractivity contribution < 1.29 is 4.79 Å². The van der Waals surface area contributed by atoms with Crippen LogP contribution in [0.15, 0.2) is 65.7 Å². The molecule has 98 valence electrons. The van der Waals surface area contributed by atoms with Gasteiger partial charge in [0, 0.05) is 27.8 Å². The topological polar surface area (TPSA) is 30.0 Å². The maximum atomic E-state index is 10.8. The number of aromatic nitrogens is 1. The third-order valence-corrected chi connectivity index (χ3v) is 4.13. The Morgan fingerprint density at radius 3 is 2.90 bits per heavy atom. The highest BCUT2D eigenvalue weighted by atomic mass is 32.2. The number of fused-ring (bicyclic) bond motifs is 1. The Balaban J connectivity index is 1.77. The Hall–Kier alpha value is -2.13. The molecule has 2 nitrogen and oxygen atoms in total. The molecule has 0 aliphatic carbocycles. The Bertz CT molecular complexity index is 755. The third-order valence-electron chi connectivity index (χ3n) is 3.07. The van der Waals surface area contributed by atoms with Gasteiger partial charge in [0.1, 0.15) is 6.29 Å². The molecule has 0 saturated carbocycles. The number of carbonyl (C=O) groups is 1. The standard InChI is InChI=1S/C17H13NOS/c19-11-13-3-1-5-16(10-13)20-12-14-6-7-17-15(9-14)4-2-8-18-17/h1-11H,12H2. The molecule has 0 aliphatic heterocycles. The van der Waals surface area contributed by atoms with E-state index in [4.69, 9.17) is 0 Å². The van der Waals surface area contributed by atoms with Gasteiger partial charge < -0.3 is 0 Å². The zero-order valence-electron chi connectivity index (χ0n) is 10.8. The average molecular weight is 279 g/mol. The summed E-state index contributed by atoms with van der Waals surface area (Å²) in [6, 6.07) is 18.0. The Labute approximate surface area is 121 Å². The van der Waals surface area contributed by atoms with E-state index in [-0.39, 0.29) is 0 Å². The Kier molecular flexibility index (Phi) is 3.79. The summed E-state index contributed by atoms with van der Waals surface area (Å²) in [6.07, 6.45) is 2.69. The van der Waals surface area contributed by atoms with Gasteiger partial charge in [-0.05, 0) is 35.9 Å². The molecule has 3 aromatic rings. The maximum absolute atomic E-state index is 10.8. The molecule has 1 heterocycles. The summed E-state index contributed by atoms with van der Waals surface area (Å²) in [7, 11) is 0. The molecule has 2 aromatic carbocycles. The lowest BCUT2D eigenvalue weighted by molar-refractivity contribution is 0.112. The summed E-state index contributed by atoms with van der Waals surface area (Å²) in [6.45, 7) is 0. The van der Waals surface area contributed by atoms with Gasteiger partial charge in [0.15, 0.2) is 0 Å². The number of nitrogens with zero attached hydrogens (tertiary/aromatic N) is 1. The molecular weight excluding hydrogens is 266 g/mol. The van der Waals surface area contributed by atoms with Crippen molar-refractivity contribution in [3.8, 4) is 0 Å². The van der Waals surface area contributed by atoms with Gasteiger partial charge in [-0.25, -0.2) is 0 Å². The molecule has 0 aliphatic rings. The zero-order valence-corrected chi connectivity index (χ0v) is 11.6. The molecule has 0 spiro atoms. The smallest absolute Gasteiger partial charge is 0.150 e. The third kappa shape index (κ3) is 2.89. The van der Waals surface area contributed by atoms with E-state index in [9.17, 15) is 4.79 Å². The van der Waals surface area contributed by atoms with Crippen molar-refractivity contribution in [3.63, 3.8) is 0 Å². The summed E-state index contributed by atoms with van der Waals surface area (Å²) >= 11 is 1.73. The lowest BCUT2D eigenvalue weighted by Crippen LogP contribution is -1.84. The highest BCUT2D eigenvalue weighted by Gasteiger charge is 2.00. The number of pyridine rings is 1. The van der Waals surface area contributed by atoms with Gasteiger partial charge in [0.2, 0.25) is 0 Å². The summed E-state index contributed by atoms with van der Waals surface area (Å²) in [5.41, 5.74) is 2.99. The van der Waals surface area contributed by atoms with Gasteiger partial charge in [-0.1, -0.05) is 24.3 Å². The summed E-state index contributed by atoms with van der Waals surface area (Å²) in [4.78, 5) is 16.2. The lowest BCUT2D eigenvalue weighted by atomic mass is 10.1. The minimum Gasteiger partial charge on any atom is -0.298 e. The van der Waals surface area contributed by atoms with E-state index in [1.165, 1.54) is 5.56 Å². The fourth-order valence-electron chi connectivity index (χ4n) is 2.06. The van der Waals surface area contributed by atoms with Gasteiger partial charge in [-0.15, -0.1) is 11.8 Å². The first kappa shape index (κ1) is 12.9. The molecule has 0 N–H and O–H groups in total. The van der Waals surface area contributed by atoms with E-state index < -0.39 is 0 Å². The van der Waals surface area contributed by atoms with Crippen LogP contribution in [0.4, 0.5) is 0 Å². The molecule has 0 saturated heterocycles. The molecule has 1 aromatic heterocycles. The molecule has 0 unspecified atom stereocenters. The monoisotopic (exact) mass is 279 g/mol. The van der Waals surface area contributed by atoms with Crippen molar-refractivity contribution in [1.29, 1.82) is 0 Å². The number of aldehydes is 1. The van der Waals surface area contributed by atoms with Crippen molar-refractivity contribution in [3.05, 3.63) is 71.9 Å². The molecule has 20 heavy (non-hydrogen) atoms. The second-order valence-corrected chi connectivity index (χ2v) is 5.56. The second-order valence-electron chi connectivity index (χ2n) is 4.51. The van der Waals surface area contributed by atoms with Crippen molar-refractivity contribution >= 4 is 29.0 Å². The normalized spacial score (nSPS) is 10.6. The Morgan fingerprint density at radius 2 is 2.00 bits per heavy atom. The molecule has 3 heteroatoms. The van der Waals surface area contributed by atoms with E-state index in [0.717, 1.165) is 33.4 Å². The predicted octanol–water partition coefficient (Wildman–Crippen LogP) is 4.34. The first-order chi connectivity index (χ1) is 9.85. The molecule has 0 radical (unpaired) electrons. The number of thioether (sulfide) groups is 1. The van der Waals surface area contributed by atoms with Gasteiger partial charge in [-0.3, -0.25) is 9.78 Å². The molecule has 0 amide bonds. The summed E-state index contributed by atoms with van der Waals surface area (Å²) in [5.74, 6) is 0.882. The van der Waals surface area contributed by atoms with Crippen LogP contribution in [0.2, 0.25) is 0 Å². The number of carbonyl (C=O) groups excluding carboxylic acids is 1. The zero-order chi connectivity index (χ0) is 13.8. The molecule has 0 fully saturated rings. The average Bonchev–Trinajstić information content (AvgIpc) is 2.53. The maximum Gasteiger partial charge on any atom is 0.150 e. The van der Waals surface area contributed by atoms with Crippen LogP contribution in [0.5, 0.6) is 0 Å². The van der Waals surface area contributed by atoms with Crippen LogP contribution in [-0.2, 0) is 5.75 Å². The van der Waals surface area contributed by atoms with Crippen LogP contribution in [0.3, 0.4) is 0 Å². The first-order valence-electron chi connectivity index (χ1n) is 6.37. The number of rotatable bonds is 4. The van der Waals surface area contributed by atoms with E-state index in [2.05, 4.69) is 23.2 Å². The van der Waals surface area contributed by atoms with Gasteiger partial charge in [0.05, 0.1) is 5.52 Å². The Morgan fingerprint density at radius 1 is 1.05 bits per heavy atom. The fourth-order valence-corrected chi connectivity index (χ4v) is 2.97. The number of benzene rings is 2. The number of hydrogen-bond acceptors (Lipinski definition) is 3. The van der Waals surface area contributed by atoms with Crippen LogP contribution in [0.25, 0.3) is 10.9 Å². The summed E-state index contributed by atoms with van der Waals surface area (Å²) in [5, 5.41) is 1.16. The summed E-state index contributed by atoms with van der Waals surface area (Å²) < 4.78 is 0. The highest BCUT2D eigenvalue weighted by molar-refractivity contribution is 7.98. The number of hydrogen-bond donors (Lipinski definition) is 0. The van der Waals surface area contributed by atoms with Crippen molar-refractivity contribution in [2.45, 2.75) is 10.6 Å². The van der Waals surface area contributed by atoms with E-state index in [1.54, 1.807) is 11.8 Å². The van der Waals surface area contributed by atoms with Crippen LogP contribution in [0, 0.1) is 0 Å². The van der Waals surface area contributed by atoms with Crippen LogP contribution in [-0.4, -0.2) is 11.3 Å². The molecule has 0 atom stereocenters. The molecular formula is C17H13NOS. The van der Waals surface area contributed by atoms with E-state index in [0.29, 0.717) is 0 Å². The highest BCUT2D eigenvalue weighted by Crippen LogP contribution is 2.24. The van der Waals surface area contributed by atoms with Crippen LogP contribution >= 0.6 is 11.8 Å². The van der Waals surface area contributed by atoms with Gasteiger partial charge in [-0.2, -0.15) is 0 Å². The van der Waals surface area contributed by atoms with E-state index >= 15 is 0 Å². The minimum absolute atomic E-state index is 0.720. The van der Waals surface area contributed by atoms with Gasteiger partial charge >= 0.3 is 0 Å². The second kappa shape index (κ2) is 5.88. The fraction of sp³-hybridized carbons (Fsp3) is 0.0588. The van der Waals surface area contributed by atoms with Crippen molar-refractivity contribution in [2.75, 3.05) is 0 Å². The lowest BCUT2D eigenvalue weighted by Gasteiger charge is -2.04. The molecule has 3 rings (SSSR count). The molecule has 0 bridgehead atoms. The van der Waals surface area contributed by atoms with E-state index in [1.807, 2.05) is 42.6 Å². The van der Waals surface area contributed by atoms with Crippen LogP contribution in [0.1, 0.15) is 15.9 Å². The van der Waals surface area contributed by atoms with Gasteiger partial charge in [0.25, 0.3) is 0 Å². The van der Waals surface area contributed by atoms with Crippen molar-refractivity contribution in [1.82, 2.24) is 4.98 Å². The minimum atomic E-state index is 0.720. The SMILES string of the molecule is O=Cc1cccc(SCc2ccc3ncccc3c2)c1. The largest absolute Gasteiger partial charge is 0.298 e. The quantitative estimate of drug-likeness (QED) is 0.525.